The lowest BCUT2D eigenvalue weighted by molar-refractivity contribution is -0.118. The molecule has 0 atom stereocenters. The second-order valence-corrected chi connectivity index (χ2v) is 5.02. The zero-order chi connectivity index (χ0) is 10.9. The van der Waals surface area contributed by atoms with Gasteiger partial charge in [-0.05, 0) is 17.9 Å². The zero-order valence-corrected chi connectivity index (χ0v) is 10.2. The van der Waals surface area contributed by atoms with Crippen molar-refractivity contribution in [2.75, 3.05) is 12.3 Å². The molecule has 0 bridgehead atoms. The van der Waals surface area contributed by atoms with Crippen LogP contribution in [0.3, 0.4) is 0 Å². The zero-order valence-electron chi connectivity index (χ0n) is 8.57. The van der Waals surface area contributed by atoms with Crippen LogP contribution in [0.5, 0.6) is 0 Å². The lowest BCUT2D eigenvalue weighted by atomic mass is 10.4. The van der Waals surface area contributed by atoms with E-state index in [1.54, 1.807) is 29.2 Å². The summed E-state index contributed by atoms with van der Waals surface area (Å²) in [7, 11) is 0. The predicted octanol–water partition coefficient (Wildman–Crippen LogP) is 2.67. The Kier molecular flexibility index (Phi) is 6.20. The lowest BCUT2D eigenvalue weighted by Gasteiger charge is -2.02. The molecule has 1 heterocycles. The van der Waals surface area contributed by atoms with Gasteiger partial charge in [0.1, 0.15) is 0 Å². The topological polar surface area (TPSA) is 29.1 Å². The minimum atomic E-state index is 0.110. The van der Waals surface area contributed by atoms with Crippen LogP contribution in [0.1, 0.15) is 11.3 Å². The van der Waals surface area contributed by atoms with Gasteiger partial charge >= 0.3 is 0 Å². The third kappa shape index (κ3) is 5.64. The number of carbonyl (C=O) groups is 1. The average Bonchev–Trinajstić information content (AvgIpc) is 2.71. The van der Waals surface area contributed by atoms with Crippen LogP contribution in [0.15, 0.2) is 30.2 Å². The number of rotatable bonds is 7. The summed E-state index contributed by atoms with van der Waals surface area (Å²) in [6.45, 7) is 4.29. The molecule has 0 saturated heterocycles. The van der Waals surface area contributed by atoms with Gasteiger partial charge in [-0.2, -0.15) is 0 Å². The third-order valence-corrected chi connectivity index (χ3v) is 3.77. The van der Waals surface area contributed by atoms with Crippen molar-refractivity contribution < 1.29 is 4.79 Å². The molecule has 0 aliphatic rings. The van der Waals surface area contributed by atoms with Gasteiger partial charge in [-0.3, -0.25) is 4.79 Å². The van der Waals surface area contributed by atoms with E-state index in [2.05, 4.69) is 23.3 Å². The molecule has 82 valence electrons. The van der Waals surface area contributed by atoms with Crippen molar-refractivity contribution in [1.82, 2.24) is 5.32 Å². The number of thioether (sulfide) groups is 1. The minimum absolute atomic E-state index is 0.110. The Morgan fingerprint density at radius 1 is 1.67 bits per heavy atom. The van der Waals surface area contributed by atoms with E-state index >= 15 is 0 Å². The Hall–Kier alpha value is -0.740. The molecular weight excluding hydrogens is 226 g/mol. The summed E-state index contributed by atoms with van der Waals surface area (Å²) in [4.78, 5) is 12.6. The molecule has 0 saturated carbocycles. The Labute approximate surface area is 98.8 Å². The van der Waals surface area contributed by atoms with Gasteiger partial charge in [-0.1, -0.05) is 12.1 Å². The number of nitrogens with one attached hydrogen (secondary N) is 1. The molecule has 1 rings (SSSR count). The average molecular weight is 241 g/mol. The highest BCUT2D eigenvalue weighted by atomic mass is 32.2. The molecule has 15 heavy (non-hydrogen) atoms. The fourth-order valence-electron chi connectivity index (χ4n) is 1.00. The van der Waals surface area contributed by atoms with Crippen LogP contribution in [0, 0.1) is 0 Å². The van der Waals surface area contributed by atoms with E-state index < -0.39 is 0 Å². The summed E-state index contributed by atoms with van der Waals surface area (Å²) >= 11 is 3.38. The third-order valence-electron chi connectivity index (χ3n) is 1.73. The lowest BCUT2D eigenvalue weighted by Crippen LogP contribution is -2.25. The van der Waals surface area contributed by atoms with Crippen LogP contribution in [0.2, 0.25) is 0 Å². The van der Waals surface area contributed by atoms with Gasteiger partial charge in [0, 0.05) is 17.2 Å². The number of thiophene rings is 1. The molecule has 0 spiro atoms. The number of hydrogen-bond donors (Lipinski definition) is 1. The first kappa shape index (κ1) is 12.3. The van der Waals surface area contributed by atoms with Gasteiger partial charge in [0.25, 0.3) is 0 Å². The molecule has 0 radical (unpaired) electrons. The van der Waals surface area contributed by atoms with E-state index in [1.165, 1.54) is 4.88 Å². The molecule has 1 N–H and O–H groups in total. The highest BCUT2D eigenvalue weighted by Crippen LogP contribution is 2.16. The Morgan fingerprint density at radius 3 is 3.20 bits per heavy atom. The van der Waals surface area contributed by atoms with Crippen LogP contribution in [0.4, 0.5) is 0 Å². The standard InChI is InChI=1S/C11H15NOS2/c1-2-3-6-12-11(13)9-14-8-10-5-4-7-15-10/h2,4-5,7H,1,3,6,8-9H2,(H,12,13). The molecule has 4 heteroatoms. The molecule has 0 aliphatic carbocycles. The smallest absolute Gasteiger partial charge is 0.230 e. The Bertz CT molecular complexity index is 296. The van der Waals surface area contributed by atoms with E-state index in [9.17, 15) is 4.79 Å². The second-order valence-electron chi connectivity index (χ2n) is 3.00. The predicted molar refractivity (Wildman–Crippen MR) is 68.3 cm³/mol. The van der Waals surface area contributed by atoms with Crippen molar-refractivity contribution in [3.63, 3.8) is 0 Å². The first-order chi connectivity index (χ1) is 7.33. The monoisotopic (exact) mass is 241 g/mol. The Balaban J connectivity index is 2.04. The van der Waals surface area contributed by atoms with Gasteiger partial charge in [-0.15, -0.1) is 29.7 Å². The van der Waals surface area contributed by atoms with Crippen molar-refractivity contribution in [3.8, 4) is 0 Å². The first-order valence-electron chi connectivity index (χ1n) is 4.80. The van der Waals surface area contributed by atoms with Gasteiger partial charge in [0.05, 0.1) is 5.75 Å². The van der Waals surface area contributed by atoms with Crippen LogP contribution >= 0.6 is 23.1 Å². The summed E-state index contributed by atoms with van der Waals surface area (Å²) in [5.74, 6) is 1.57. The molecule has 1 aromatic rings. The highest BCUT2D eigenvalue weighted by molar-refractivity contribution is 7.99. The number of hydrogen-bond acceptors (Lipinski definition) is 3. The van der Waals surface area contributed by atoms with Gasteiger partial charge in [0.15, 0.2) is 0 Å². The summed E-state index contributed by atoms with van der Waals surface area (Å²) in [6, 6.07) is 4.12. The fourth-order valence-corrected chi connectivity index (χ4v) is 2.70. The number of amides is 1. The molecule has 1 aromatic heterocycles. The van der Waals surface area contributed by atoms with E-state index in [1.807, 2.05) is 6.07 Å². The molecule has 0 aromatic carbocycles. The van der Waals surface area contributed by atoms with Crippen molar-refractivity contribution >= 4 is 29.0 Å². The van der Waals surface area contributed by atoms with E-state index in [-0.39, 0.29) is 5.91 Å². The van der Waals surface area contributed by atoms with E-state index in [4.69, 9.17) is 0 Å². The van der Waals surface area contributed by atoms with Crippen LogP contribution in [-0.2, 0) is 10.5 Å². The summed E-state index contributed by atoms with van der Waals surface area (Å²) in [6.07, 6.45) is 2.64. The fraction of sp³-hybridized carbons (Fsp3) is 0.364. The molecule has 2 nitrogen and oxygen atoms in total. The van der Waals surface area contributed by atoms with Crippen LogP contribution in [-0.4, -0.2) is 18.2 Å². The van der Waals surface area contributed by atoms with Crippen LogP contribution in [0.25, 0.3) is 0 Å². The van der Waals surface area contributed by atoms with Crippen LogP contribution < -0.4 is 5.32 Å². The maximum Gasteiger partial charge on any atom is 0.230 e. The largest absolute Gasteiger partial charge is 0.355 e. The highest BCUT2D eigenvalue weighted by Gasteiger charge is 2.00. The van der Waals surface area contributed by atoms with Gasteiger partial charge in [-0.25, -0.2) is 0 Å². The SMILES string of the molecule is C=CCCNC(=O)CSCc1cccs1. The van der Waals surface area contributed by atoms with Crippen molar-refractivity contribution in [2.24, 2.45) is 0 Å². The Morgan fingerprint density at radius 2 is 2.53 bits per heavy atom. The van der Waals surface area contributed by atoms with Crippen molar-refractivity contribution in [1.29, 1.82) is 0 Å². The summed E-state index contributed by atoms with van der Waals surface area (Å²) < 4.78 is 0. The van der Waals surface area contributed by atoms with Gasteiger partial charge in [0.2, 0.25) is 5.91 Å². The van der Waals surface area contributed by atoms with Gasteiger partial charge < -0.3 is 5.32 Å². The normalized spacial score (nSPS) is 9.87. The molecular formula is C11H15NOS2. The molecule has 0 unspecified atom stereocenters. The molecule has 0 aliphatic heterocycles. The van der Waals surface area contributed by atoms with E-state index in [0.29, 0.717) is 12.3 Å². The first-order valence-corrected chi connectivity index (χ1v) is 6.84. The number of carbonyl (C=O) groups excluding carboxylic acids is 1. The van der Waals surface area contributed by atoms with E-state index in [0.717, 1.165) is 12.2 Å². The van der Waals surface area contributed by atoms with Crippen molar-refractivity contribution in [2.45, 2.75) is 12.2 Å². The second kappa shape index (κ2) is 7.54. The quantitative estimate of drug-likeness (QED) is 0.587. The maximum absolute atomic E-state index is 11.3. The van der Waals surface area contributed by atoms with Crippen molar-refractivity contribution in [3.05, 3.63) is 35.0 Å². The molecule has 1 amide bonds. The minimum Gasteiger partial charge on any atom is -0.355 e. The summed E-state index contributed by atoms with van der Waals surface area (Å²) in [5, 5.41) is 4.89. The summed E-state index contributed by atoms with van der Waals surface area (Å²) in [5.41, 5.74) is 0. The maximum atomic E-state index is 11.3. The molecule has 0 fully saturated rings.